The Hall–Kier alpha value is -1.74. The molecule has 2 aromatic rings. The average Bonchev–Trinajstić information content (AvgIpc) is 2.56. The van der Waals surface area contributed by atoms with E-state index in [2.05, 4.69) is 8.37 Å². The van der Waals surface area contributed by atoms with Crippen molar-refractivity contribution in [2.45, 2.75) is 16.7 Å². The molecule has 0 saturated carbocycles. The second-order valence-electron chi connectivity index (χ2n) is 4.37. The molecule has 0 saturated heterocycles. The van der Waals surface area contributed by atoms with E-state index < -0.39 is 20.2 Å². The molecular weight excluding hydrogens is 340 g/mol. The Morgan fingerprint density at radius 2 is 1.04 bits per heavy atom. The lowest BCUT2D eigenvalue weighted by molar-refractivity contribution is 0.396. The average molecular weight is 358 g/mol. The van der Waals surface area contributed by atoms with Gasteiger partial charge in [0.2, 0.25) is 0 Å². The van der Waals surface area contributed by atoms with Gasteiger partial charge in [0.05, 0.1) is 24.0 Å². The lowest BCUT2D eigenvalue weighted by Crippen LogP contribution is -2.02. The lowest BCUT2D eigenvalue weighted by Gasteiger charge is -2.00. The standard InChI is InChI=1S/C8H10O3S.C7H8O3S/c1-7-3-5-8(6-4-7)12(9,10)11-2;1-10-11(8,9)7-5-3-2-4-6-7/h3-6H,1-2H3;2-6H,1H3. The minimum atomic E-state index is -3.51. The van der Waals surface area contributed by atoms with Crippen LogP contribution in [0.3, 0.4) is 0 Å². The van der Waals surface area contributed by atoms with E-state index >= 15 is 0 Å². The van der Waals surface area contributed by atoms with E-state index in [1.807, 2.05) is 6.92 Å². The van der Waals surface area contributed by atoms with E-state index in [1.165, 1.54) is 24.3 Å². The summed E-state index contributed by atoms with van der Waals surface area (Å²) in [5.74, 6) is 0. The maximum atomic E-state index is 11.1. The van der Waals surface area contributed by atoms with Gasteiger partial charge in [0, 0.05) is 0 Å². The van der Waals surface area contributed by atoms with Crippen LogP contribution in [0.1, 0.15) is 5.56 Å². The van der Waals surface area contributed by atoms with Crippen molar-refractivity contribution in [2.24, 2.45) is 0 Å². The van der Waals surface area contributed by atoms with Gasteiger partial charge < -0.3 is 0 Å². The van der Waals surface area contributed by atoms with Crippen molar-refractivity contribution >= 4 is 20.2 Å². The first-order valence-electron chi connectivity index (χ1n) is 6.46. The van der Waals surface area contributed by atoms with E-state index in [0.717, 1.165) is 19.8 Å². The fourth-order valence-corrected chi connectivity index (χ4v) is 2.83. The second-order valence-corrected chi connectivity index (χ2v) is 7.79. The SMILES string of the molecule is COS(=O)(=O)c1ccc(C)cc1.COS(=O)(=O)c1ccccc1. The van der Waals surface area contributed by atoms with Crippen LogP contribution in [0.15, 0.2) is 64.4 Å². The molecule has 0 bridgehead atoms. The minimum Gasteiger partial charge on any atom is -0.270 e. The smallest absolute Gasteiger partial charge is 0.270 e. The van der Waals surface area contributed by atoms with Crippen molar-refractivity contribution in [2.75, 3.05) is 14.2 Å². The lowest BCUT2D eigenvalue weighted by atomic mass is 10.2. The van der Waals surface area contributed by atoms with Crippen LogP contribution in [0.4, 0.5) is 0 Å². The summed E-state index contributed by atoms with van der Waals surface area (Å²) in [6.07, 6.45) is 0. The Bertz CT molecular complexity index is 810. The molecular formula is C15H18O6S2. The van der Waals surface area contributed by atoms with Crippen LogP contribution in [0.2, 0.25) is 0 Å². The molecule has 0 aliphatic rings. The van der Waals surface area contributed by atoms with E-state index in [0.29, 0.717) is 0 Å². The molecule has 0 aliphatic carbocycles. The first kappa shape index (κ1) is 19.3. The van der Waals surface area contributed by atoms with Gasteiger partial charge in [-0.05, 0) is 31.2 Å². The molecule has 0 heterocycles. The molecule has 0 N–H and O–H groups in total. The predicted octanol–water partition coefficient (Wildman–Crippen LogP) is 2.35. The summed E-state index contributed by atoms with van der Waals surface area (Å²) in [6.45, 7) is 1.89. The second kappa shape index (κ2) is 8.21. The van der Waals surface area contributed by atoms with Crippen LogP contribution >= 0.6 is 0 Å². The Balaban J connectivity index is 0.000000231. The molecule has 23 heavy (non-hydrogen) atoms. The summed E-state index contributed by atoms with van der Waals surface area (Å²) in [7, 11) is -4.72. The summed E-state index contributed by atoms with van der Waals surface area (Å²) >= 11 is 0. The molecule has 0 radical (unpaired) electrons. The highest BCUT2D eigenvalue weighted by molar-refractivity contribution is 7.87. The number of aryl methyl sites for hydroxylation is 1. The van der Waals surface area contributed by atoms with Gasteiger partial charge in [0.25, 0.3) is 20.2 Å². The molecule has 0 fully saturated rings. The predicted molar refractivity (Wildman–Crippen MR) is 86.0 cm³/mol. The Kier molecular flexibility index (Phi) is 6.89. The van der Waals surface area contributed by atoms with Gasteiger partial charge in [-0.2, -0.15) is 16.8 Å². The van der Waals surface area contributed by atoms with Crippen molar-refractivity contribution < 1.29 is 25.2 Å². The topological polar surface area (TPSA) is 86.7 Å². The van der Waals surface area contributed by atoms with Gasteiger partial charge >= 0.3 is 0 Å². The van der Waals surface area contributed by atoms with E-state index in [-0.39, 0.29) is 9.79 Å². The molecule has 2 aromatic carbocycles. The molecule has 0 aromatic heterocycles. The molecule has 8 heteroatoms. The van der Waals surface area contributed by atoms with E-state index in [1.54, 1.807) is 30.3 Å². The fourth-order valence-electron chi connectivity index (χ4n) is 1.48. The van der Waals surface area contributed by atoms with Crippen LogP contribution in [-0.4, -0.2) is 31.1 Å². The monoisotopic (exact) mass is 358 g/mol. The van der Waals surface area contributed by atoms with Crippen molar-refractivity contribution in [1.29, 1.82) is 0 Å². The highest BCUT2D eigenvalue weighted by atomic mass is 32.2. The number of hydrogen-bond acceptors (Lipinski definition) is 6. The summed E-state index contributed by atoms with van der Waals surface area (Å²) < 4.78 is 52.8. The quantitative estimate of drug-likeness (QED) is 0.780. The summed E-state index contributed by atoms with van der Waals surface area (Å²) in [5, 5.41) is 0. The van der Waals surface area contributed by atoms with Crippen molar-refractivity contribution in [3.05, 3.63) is 60.2 Å². The summed E-state index contributed by atoms with van der Waals surface area (Å²) in [4.78, 5) is 0.373. The molecule has 0 amide bonds. The summed E-state index contributed by atoms with van der Waals surface area (Å²) in [5.41, 5.74) is 1.02. The van der Waals surface area contributed by atoms with E-state index in [9.17, 15) is 16.8 Å². The first-order chi connectivity index (χ1) is 10.7. The first-order valence-corrected chi connectivity index (χ1v) is 9.27. The zero-order chi connectivity index (χ0) is 17.5. The Labute approximate surface area is 136 Å². The van der Waals surface area contributed by atoms with Crippen molar-refractivity contribution in [1.82, 2.24) is 0 Å². The zero-order valence-corrected chi connectivity index (χ0v) is 14.6. The molecule has 6 nitrogen and oxygen atoms in total. The molecule has 0 atom stereocenters. The van der Waals surface area contributed by atoms with Crippen LogP contribution in [-0.2, 0) is 28.6 Å². The molecule has 2 rings (SSSR count). The third-order valence-electron chi connectivity index (χ3n) is 2.78. The molecule has 0 spiro atoms. The van der Waals surface area contributed by atoms with Gasteiger partial charge in [-0.25, -0.2) is 0 Å². The third-order valence-corrected chi connectivity index (χ3v) is 5.36. The van der Waals surface area contributed by atoms with Crippen molar-refractivity contribution in [3.8, 4) is 0 Å². The zero-order valence-electron chi connectivity index (χ0n) is 13.0. The Morgan fingerprint density at radius 1 is 0.652 bits per heavy atom. The van der Waals surface area contributed by atoms with Crippen LogP contribution in [0, 0.1) is 6.92 Å². The Morgan fingerprint density at radius 3 is 1.43 bits per heavy atom. The third kappa shape index (κ3) is 5.76. The van der Waals surface area contributed by atoms with Crippen LogP contribution in [0.25, 0.3) is 0 Å². The maximum Gasteiger partial charge on any atom is 0.296 e. The normalized spacial score (nSPS) is 11.4. The number of rotatable bonds is 4. The van der Waals surface area contributed by atoms with Gasteiger partial charge in [0.1, 0.15) is 0 Å². The summed E-state index contributed by atoms with van der Waals surface area (Å²) in [6, 6.07) is 14.5. The largest absolute Gasteiger partial charge is 0.296 e. The molecule has 0 aliphatic heterocycles. The van der Waals surface area contributed by atoms with Gasteiger partial charge in [-0.1, -0.05) is 35.9 Å². The van der Waals surface area contributed by atoms with Gasteiger partial charge in [-0.15, -0.1) is 0 Å². The van der Waals surface area contributed by atoms with Gasteiger partial charge in [-0.3, -0.25) is 8.37 Å². The highest BCUT2D eigenvalue weighted by Gasteiger charge is 2.11. The van der Waals surface area contributed by atoms with Crippen LogP contribution < -0.4 is 0 Å². The number of hydrogen-bond donors (Lipinski definition) is 0. The van der Waals surface area contributed by atoms with Crippen molar-refractivity contribution in [3.63, 3.8) is 0 Å². The number of benzene rings is 2. The van der Waals surface area contributed by atoms with Gasteiger partial charge in [0.15, 0.2) is 0 Å². The molecule has 0 unspecified atom stereocenters. The molecule has 126 valence electrons. The minimum absolute atomic E-state index is 0.183. The van der Waals surface area contributed by atoms with Crippen LogP contribution in [0.5, 0.6) is 0 Å². The maximum absolute atomic E-state index is 11.1. The van der Waals surface area contributed by atoms with E-state index in [4.69, 9.17) is 0 Å². The fraction of sp³-hybridized carbons (Fsp3) is 0.200. The highest BCUT2D eigenvalue weighted by Crippen LogP contribution is 2.11.